The maximum atomic E-state index is 11.6. The molecule has 0 heterocycles. The molecule has 0 N–H and O–H groups in total. The minimum Gasteiger partial charge on any atom is -0.366 e. The zero-order chi connectivity index (χ0) is 14.4. The topological polar surface area (TPSA) is 26.3 Å². The van der Waals surface area contributed by atoms with Gasteiger partial charge in [-0.3, -0.25) is 0 Å². The van der Waals surface area contributed by atoms with Gasteiger partial charge >= 0.3 is 0 Å². The fraction of sp³-hybridized carbons (Fsp3) is 0.562. The molecule has 0 spiro atoms. The van der Waals surface area contributed by atoms with Crippen LogP contribution in [0.4, 0.5) is 0 Å². The maximum Gasteiger partial charge on any atom is 0.129 e. The lowest BCUT2D eigenvalue weighted by atomic mass is 9.80. The van der Waals surface area contributed by atoms with E-state index in [2.05, 4.69) is 19.1 Å². The van der Waals surface area contributed by atoms with Gasteiger partial charge in [-0.25, -0.2) is 0 Å². The first-order valence-corrected chi connectivity index (χ1v) is 7.64. The largest absolute Gasteiger partial charge is 0.366 e. The van der Waals surface area contributed by atoms with Crippen LogP contribution in [0.5, 0.6) is 0 Å². The highest BCUT2D eigenvalue weighted by Crippen LogP contribution is 2.50. The van der Waals surface area contributed by atoms with Crippen molar-refractivity contribution >= 4 is 18.0 Å². The van der Waals surface area contributed by atoms with Crippen LogP contribution in [-0.4, -0.2) is 18.3 Å². The number of hydrogen-bond donors (Lipinski definition) is 0. The predicted molar refractivity (Wildman–Crippen MR) is 81.4 cm³/mol. The number of aldehydes is 1. The summed E-state index contributed by atoms with van der Waals surface area (Å²) in [4.78, 5) is 12.3. The average Bonchev–Trinajstić information content (AvgIpc) is 2.46. The third-order valence-corrected chi connectivity index (χ3v) is 5.47. The van der Waals surface area contributed by atoms with Crippen LogP contribution in [-0.2, 0) is 9.53 Å². The number of benzene rings is 1. The zero-order valence-corrected chi connectivity index (χ0v) is 13.1. The number of ether oxygens (including phenoxy) is 1. The molecule has 0 saturated heterocycles. The minimum atomic E-state index is -0.500. The predicted octanol–water partition coefficient (Wildman–Crippen LogP) is 4.54. The summed E-state index contributed by atoms with van der Waals surface area (Å²) < 4.78 is 5.86. The second kappa shape index (κ2) is 7.11. The Morgan fingerprint density at radius 2 is 1.89 bits per heavy atom. The van der Waals surface area contributed by atoms with Gasteiger partial charge in [-0.2, -0.15) is 0 Å². The molecule has 0 aromatic heterocycles. The van der Waals surface area contributed by atoms with Crippen LogP contribution >= 0.6 is 11.8 Å². The van der Waals surface area contributed by atoms with Crippen LogP contribution in [0, 0.1) is 5.41 Å². The third kappa shape index (κ3) is 3.40. The van der Waals surface area contributed by atoms with Crippen molar-refractivity contribution in [1.82, 2.24) is 0 Å². The van der Waals surface area contributed by atoms with Gasteiger partial charge in [-0.05, 0) is 31.9 Å². The van der Waals surface area contributed by atoms with Gasteiger partial charge in [0.2, 0.25) is 0 Å². The molecule has 3 heteroatoms. The summed E-state index contributed by atoms with van der Waals surface area (Å²) >= 11 is 1.66. The summed E-state index contributed by atoms with van der Waals surface area (Å²) in [7, 11) is 1.71. The summed E-state index contributed by atoms with van der Waals surface area (Å²) in [5.41, 5.74) is -0.488. The van der Waals surface area contributed by atoms with Gasteiger partial charge in [-0.1, -0.05) is 50.2 Å². The van der Waals surface area contributed by atoms with E-state index in [4.69, 9.17) is 4.74 Å². The Kier molecular flexibility index (Phi) is 6.08. The highest BCUT2D eigenvalue weighted by Gasteiger charge is 2.48. The van der Waals surface area contributed by atoms with Gasteiger partial charge in [0, 0.05) is 12.0 Å². The van der Waals surface area contributed by atoms with Crippen LogP contribution in [0.15, 0.2) is 35.2 Å². The van der Waals surface area contributed by atoms with Gasteiger partial charge in [0.15, 0.2) is 0 Å². The van der Waals surface area contributed by atoms with Crippen LogP contribution < -0.4 is 0 Å². The molecule has 1 aromatic carbocycles. The summed E-state index contributed by atoms with van der Waals surface area (Å²) in [6.07, 6.45) is 3.66. The van der Waals surface area contributed by atoms with E-state index in [9.17, 15) is 4.79 Å². The molecule has 0 bridgehead atoms. The van der Waals surface area contributed by atoms with E-state index >= 15 is 0 Å². The second-order valence-electron chi connectivity index (χ2n) is 5.01. The molecule has 2 unspecified atom stereocenters. The van der Waals surface area contributed by atoms with Crippen molar-refractivity contribution in [3.8, 4) is 0 Å². The first-order chi connectivity index (χ1) is 9.07. The standard InChI is InChI=1S/C16H24O2S/c1-5-12-16(18-4,15(3,6-2)13-17)19-14-10-8-7-9-11-14/h7-11,13H,5-6,12H2,1-4H3. The number of thioether (sulfide) groups is 1. The monoisotopic (exact) mass is 280 g/mol. The number of rotatable bonds is 8. The molecule has 0 aliphatic heterocycles. The van der Waals surface area contributed by atoms with Crippen LogP contribution in [0.1, 0.15) is 40.0 Å². The van der Waals surface area contributed by atoms with E-state index in [1.165, 1.54) is 0 Å². The lowest BCUT2D eigenvalue weighted by Crippen LogP contribution is -2.46. The zero-order valence-electron chi connectivity index (χ0n) is 12.3. The summed E-state index contributed by atoms with van der Waals surface area (Å²) in [5, 5.41) is 0. The second-order valence-corrected chi connectivity index (χ2v) is 6.35. The van der Waals surface area contributed by atoms with Crippen molar-refractivity contribution < 1.29 is 9.53 Å². The van der Waals surface area contributed by atoms with Gasteiger partial charge < -0.3 is 9.53 Å². The molecule has 0 saturated carbocycles. The van der Waals surface area contributed by atoms with Gasteiger partial charge in [0.25, 0.3) is 0 Å². The number of hydrogen-bond acceptors (Lipinski definition) is 3. The first kappa shape index (κ1) is 16.3. The fourth-order valence-electron chi connectivity index (χ4n) is 2.28. The van der Waals surface area contributed by atoms with Crippen LogP contribution in [0.3, 0.4) is 0 Å². The van der Waals surface area contributed by atoms with Gasteiger partial charge in [0.1, 0.15) is 11.2 Å². The van der Waals surface area contributed by atoms with E-state index in [0.29, 0.717) is 0 Å². The molecule has 0 radical (unpaired) electrons. The molecular formula is C16H24O2S. The molecule has 0 aliphatic rings. The highest BCUT2D eigenvalue weighted by molar-refractivity contribution is 8.00. The molecule has 106 valence electrons. The van der Waals surface area contributed by atoms with Gasteiger partial charge in [-0.15, -0.1) is 0 Å². The Bertz CT molecular complexity index is 393. The van der Waals surface area contributed by atoms with Crippen molar-refractivity contribution in [2.75, 3.05) is 7.11 Å². The number of methoxy groups -OCH3 is 1. The summed E-state index contributed by atoms with van der Waals surface area (Å²) in [6.45, 7) is 6.17. The number of carbonyl (C=O) groups is 1. The van der Waals surface area contributed by atoms with E-state index in [-0.39, 0.29) is 0 Å². The first-order valence-electron chi connectivity index (χ1n) is 6.83. The summed E-state index contributed by atoms with van der Waals surface area (Å²) in [5.74, 6) is 0. The normalized spacial score (nSPS) is 17.5. The third-order valence-electron chi connectivity index (χ3n) is 3.80. The average molecular weight is 280 g/mol. The minimum absolute atomic E-state index is 0.488. The van der Waals surface area contributed by atoms with E-state index < -0.39 is 10.3 Å². The lowest BCUT2D eigenvalue weighted by Gasteiger charge is -2.43. The van der Waals surface area contributed by atoms with Crippen LogP contribution in [0.2, 0.25) is 0 Å². The molecule has 1 rings (SSSR count). The maximum absolute atomic E-state index is 11.6. The van der Waals surface area contributed by atoms with Crippen molar-refractivity contribution in [3.05, 3.63) is 30.3 Å². The van der Waals surface area contributed by atoms with Gasteiger partial charge in [0.05, 0.1) is 5.41 Å². The molecule has 2 nitrogen and oxygen atoms in total. The van der Waals surface area contributed by atoms with Crippen molar-refractivity contribution in [3.63, 3.8) is 0 Å². The smallest absolute Gasteiger partial charge is 0.129 e. The van der Waals surface area contributed by atoms with E-state index in [1.54, 1.807) is 18.9 Å². The Hall–Kier alpha value is -0.800. The molecule has 0 amide bonds. The molecular weight excluding hydrogens is 256 g/mol. The quantitative estimate of drug-likeness (QED) is 0.397. The molecule has 0 aliphatic carbocycles. The molecule has 19 heavy (non-hydrogen) atoms. The Morgan fingerprint density at radius 3 is 2.32 bits per heavy atom. The summed E-state index contributed by atoms with van der Waals surface area (Å²) in [6, 6.07) is 10.2. The van der Waals surface area contributed by atoms with Crippen molar-refractivity contribution in [2.24, 2.45) is 5.41 Å². The highest BCUT2D eigenvalue weighted by atomic mass is 32.2. The fourth-order valence-corrected chi connectivity index (χ4v) is 3.77. The van der Waals surface area contributed by atoms with Crippen molar-refractivity contribution in [2.45, 2.75) is 49.9 Å². The van der Waals surface area contributed by atoms with Crippen molar-refractivity contribution in [1.29, 1.82) is 0 Å². The Labute approximate surface area is 120 Å². The van der Waals surface area contributed by atoms with E-state index in [0.717, 1.165) is 30.4 Å². The lowest BCUT2D eigenvalue weighted by molar-refractivity contribution is -0.127. The molecule has 1 aromatic rings. The van der Waals surface area contributed by atoms with E-state index in [1.807, 2.05) is 32.0 Å². The molecule has 0 fully saturated rings. The van der Waals surface area contributed by atoms with Crippen LogP contribution in [0.25, 0.3) is 0 Å². The molecule has 2 atom stereocenters. The number of carbonyl (C=O) groups excluding carboxylic acids is 1. The SMILES string of the molecule is CCCC(OC)(Sc1ccccc1)C(C)(C=O)CC. The Balaban J connectivity index is 3.15. The Morgan fingerprint density at radius 1 is 1.26 bits per heavy atom.